The van der Waals surface area contributed by atoms with Crippen LogP contribution in [0, 0.1) is 0 Å². The third kappa shape index (κ3) is 4.17. The van der Waals surface area contributed by atoms with E-state index in [-0.39, 0.29) is 5.43 Å². The van der Waals surface area contributed by atoms with Gasteiger partial charge in [-0.25, -0.2) is 0 Å². The molecule has 0 saturated heterocycles. The van der Waals surface area contributed by atoms with Gasteiger partial charge in [0.1, 0.15) is 35.8 Å². The van der Waals surface area contributed by atoms with E-state index in [2.05, 4.69) is 17.0 Å². The minimum atomic E-state index is -0.0560. The van der Waals surface area contributed by atoms with Gasteiger partial charge in [0, 0.05) is 13.1 Å². The maximum absolute atomic E-state index is 13.3. The van der Waals surface area contributed by atoms with Gasteiger partial charge in [0.15, 0.2) is 0 Å². The van der Waals surface area contributed by atoms with Crippen molar-refractivity contribution >= 4 is 11.0 Å². The summed E-state index contributed by atoms with van der Waals surface area (Å²) in [6.07, 6.45) is 2.43. The normalized spacial score (nSPS) is 13.4. The molecule has 5 rings (SSSR count). The van der Waals surface area contributed by atoms with Gasteiger partial charge in [-0.15, -0.1) is 0 Å². The number of methoxy groups -OCH3 is 2. The molecule has 0 amide bonds. The van der Waals surface area contributed by atoms with Gasteiger partial charge in [-0.05, 0) is 53.9 Å². The van der Waals surface area contributed by atoms with Crippen LogP contribution in [0.15, 0.2) is 76.1 Å². The second kappa shape index (κ2) is 9.00. The quantitative estimate of drug-likeness (QED) is 0.424. The molecule has 0 atom stereocenters. The average molecular weight is 443 g/mol. The molecule has 2 heterocycles. The van der Waals surface area contributed by atoms with Gasteiger partial charge in [0.2, 0.25) is 5.43 Å². The fraction of sp³-hybridized carbons (Fsp3) is 0.222. The van der Waals surface area contributed by atoms with Crippen molar-refractivity contribution in [2.45, 2.75) is 13.0 Å². The summed E-state index contributed by atoms with van der Waals surface area (Å²) in [5.74, 6) is 2.36. The van der Waals surface area contributed by atoms with Crippen LogP contribution >= 0.6 is 0 Å². The first kappa shape index (κ1) is 21.1. The molecule has 0 fully saturated rings. The number of nitrogens with zero attached hydrogens (tertiary/aromatic N) is 1. The minimum absolute atomic E-state index is 0.0560. The molecule has 33 heavy (non-hydrogen) atoms. The predicted molar refractivity (Wildman–Crippen MR) is 127 cm³/mol. The van der Waals surface area contributed by atoms with Crippen molar-refractivity contribution in [3.63, 3.8) is 0 Å². The van der Waals surface area contributed by atoms with Crippen molar-refractivity contribution in [1.29, 1.82) is 0 Å². The fourth-order valence-electron chi connectivity index (χ4n) is 4.15. The molecule has 6 heteroatoms. The largest absolute Gasteiger partial charge is 0.497 e. The molecule has 0 bridgehead atoms. The molecule has 1 aromatic heterocycles. The van der Waals surface area contributed by atoms with Crippen LogP contribution in [0.2, 0.25) is 0 Å². The molecule has 168 valence electrons. The molecule has 0 spiro atoms. The monoisotopic (exact) mass is 443 g/mol. The summed E-state index contributed by atoms with van der Waals surface area (Å²) in [7, 11) is 3.28. The second-order valence-corrected chi connectivity index (χ2v) is 8.05. The first-order valence-electron chi connectivity index (χ1n) is 10.9. The third-order valence-corrected chi connectivity index (χ3v) is 6.06. The van der Waals surface area contributed by atoms with E-state index >= 15 is 0 Å². The lowest BCUT2D eigenvalue weighted by molar-refractivity contribution is 0.0968. The van der Waals surface area contributed by atoms with Gasteiger partial charge in [0.05, 0.1) is 30.7 Å². The van der Waals surface area contributed by atoms with Gasteiger partial charge >= 0.3 is 0 Å². The summed E-state index contributed by atoms with van der Waals surface area (Å²) in [6, 6.07) is 19.1. The second-order valence-electron chi connectivity index (χ2n) is 8.05. The lowest BCUT2D eigenvalue weighted by Gasteiger charge is -2.29. The lowest BCUT2D eigenvalue weighted by Crippen LogP contribution is -2.33. The topological polar surface area (TPSA) is 61.1 Å². The minimum Gasteiger partial charge on any atom is -0.497 e. The number of rotatable bonds is 6. The summed E-state index contributed by atoms with van der Waals surface area (Å²) >= 11 is 0. The molecule has 0 N–H and O–H groups in total. The number of benzene rings is 3. The number of fused-ring (bicyclic) bond motifs is 3. The molecule has 6 nitrogen and oxygen atoms in total. The predicted octanol–water partition coefficient (Wildman–Crippen LogP) is 4.87. The highest BCUT2D eigenvalue weighted by molar-refractivity contribution is 5.85. The molecule has 0 saturated carbocycles. The van der Waals surface area contributed by atoms with E-state index in [0.29, 0.717) is 29.8 Å². The Morgan fingerprint density at radius 2 is 1.61 bits per heavy atom. The number of hydrogen-bond acceptors (Lipinski definition) is 6. The molecule has 1 aliphatic heterocycles. The Kier molecular flexibility index (Phi) is 5.75. The van der Waals surface area contributed by atoms with Crippen molar-refractivity contribution in [2.24, 2.45) is 0 Å². The highest BCUT2D eigenvalue weighted by Crippen LogP contribution is 2.32. The Hall–Kier alpha value is -3.77. The Morgan fingerprint density at radius 3 is 2.30 bits per heavy atom. The Labute approximate surface area is 191 Å². The standard InChI is InChI=1S/C27H25NO5/c1-30-20-7-3-18(4-8-20)13-14-28-15-23-25(33-17-28)12-11-22-26(29)24(16-32-27(22)23)19-5-9-21(31-2)10-6-19/h3-12,16H,13-15,17H2,1-2H3. The maximum atomic E-state index is 13.3. The molecule has 1 aliphatic rings. The van der Waals surface area contributed by atoms with E-state index in [9.17, 15) is 4.79 Å². The first-order chi connectivity index (χ1) is 16.2. The number of ether oxygens (including phenoxy) is 3. The zero-order chi connectivity index (χ0) is 22.8. The Balaban J connectivity index is 1.39. The molecular weight excluding hydrogens is 418 g/mol. The zero-order valence-corrected chi connectivity index (χ0v) is 18.7. The van der Waals surface area contributed by atoms with E-state index in [1.165, 1.54) is 5.56 Å². The van der Waals surface area contributed by atoms with Crippen LogP contribution < -0.4 is 19.6 Å². The van der Waals surface area contributed by atoms with Gasteiger partial charge in [-0.1, -0.05) is 24.3 Å². The number of hydrogen-bond donors (Lipinski definition) is 0. The average Bonchev–Trinajstić information content (AvgIpc) is 2.88. The third-order valence-electron chi connectivity index (χ3n) is 6.06. The van der Waals surface area contributed by atoms with E-state index in [4.69, 9.17) is 18.6 Å². The van der Waals surface area contributed by atoms with Crippen molar-refractivity contribution in [2.75, 3.05) is 27.5 Å². The van der Waals surface area contributed by atoms with Gasteiger partial charge in [-0.3, -0.25) is 9.69 Å². The maximum Gasteiger partial charge on any atom is 0.200 e. The van der Waals surface area contributed by atoms with Crippen LogP contribution in [0.5, 0.6) is 17.2 Å². The summed E-state index contributed by atoms with van der Waals surface area (Å²) in [5.41, 5.74) is 3.99. The van der Waals surface area contributed by atoms with Crippen molar-refractivity contribution < 1.29 is 18.6 Å². The molecule has 0 radical (unpaired) electrons. The van der Waals surface area contributed by atoms with E-state index < -0.39 is 0 Å². The lowest BCUT2D eigenvalue weighted by atomic mass is 10.0. The van der Waals surface area contributed by atoms with Crippen LogP contribution in [0.4, 0.5) is 0 Å². The highest BCUT2D eigenvalue weighted by atomic mass is 16.5. The van der Waals surface area contributed by atoms with Crippen LogP contribution in [0.1, 0.15) is 11.1 Å². The summed E-state index contributed by atoms with van der Waals surface area (Å²) < 4.78 is 22.4. The van der Waals surface area contributed by atoms with Crippen LogP contribution in [-0.4, -0.2) is 32.4 Å². The first-order valence-corrected chi connectivity index (χ1v) is 10.9. The van der Waals surface area contributed by atoms with Crippen molar-refractivity contribution in [3.05, 3.63) is 88.3 Å². The van der Waals surface area contributed by atoms with Gasteiger partial charge < -0.3 is 18.6 Å². The molecule has 0 aliphatic carbocycles. The molecule has 3 aromatic carbocycles. The van der Waals surface area contributed by atoms with E-state index in [1.54, 1.807) is 26.5 Å². The summed E-state index contributed by atoms with van der Waals surface area (Å²) in [6.45, 7) is 1.99. The summed E-state index contributed by atoms with van der Waals surface area (Å²) in [5, 5.41) is 0.558. The Morgan fingerprint density at radius 1 is 0.909 bits per heavy atom. The van der Waals surface area contributed by atoms with Gasteiger partial charge in [0.25, 0.3) is 0 Å². The van der Waals surface area contributed by atoms with Crippen LogP contribution in [0.25, 0.3) is 22.1 Å². The summed E-state index contributed by atoms with van der Waals surface area (Å²) in [4.78, 5) is 15.5. The molecular formula is C27H25NO5. The highest BCUT2D eigenvalue weighted by Gasteiger charge is 2.22. The van der Waals surface area contributed by atoms with E-state index in [1.807, 2.05) is 42.5 Å². The molecule has 0 unspecified atom stereocenters. The SMILES string of the molecule is COc1ccc(CCN2COc3ccc4c(=O)c(-c5ccc(OC)cc5)coc4c3C2)cc1. The Bertz CT molecular complexity index is 1330. The fourth-order valence-corrected chi connectivity index (χ4v) is 4.15. The molecule has 4 aromatic rings. The smallest absolute Gasteiger partial charge is 0.200 e. The van der Waals surface area contributed by atoms with Gasteiger partial charge in [-0.2, -0.15) is 0 Å². The van der Waals surface area contributed by atoms with E-state index in [0.717, 1.165) is 41.3 Å². The van der Waals surface area contributed by atoms with Crippen LogP contribution in [-0.2, 0) is 13.0 Å². The van der Waals surface area contributed by atoms with Crippen molar-refractivity contribution in [3.8, 4) is 28.4 Å². The van der Waals surface area contributed by atoms with Crippen LogP contribution in [0.3, 0.4) is 0 Å². The zero-order valence-electron chi connectivity index (χ0n) is 18.7. The van der Waals surface area contributed by atoms with Crippen molar-refractivity contribution in [1.82, 2.24) is 4.90 Å².